The molecule has 1 heteroatoms. The fourth-order valence-corrected chi connectivity index (χ4v) is 2.16. The lowest BCUT2D eigenvalue weighted by Gasteiger charge is -2.13. The summed E-state index contributed by atoms with van der Waals surface area (Å²) in [4.78, 5) is 0. The molecule has 0 heterocycles. The van der Waals surface area contributed by atoms with Gasteiger partial charge in [0.2, 0.25) is 0 Å². The molecule has 0 N–H and O–H groups in total. The van der Waals surface area contributed by atoms with Crippen LogP contribution in [0.15, 0.2) is 42.5 Å². The van der Waals surface area contributed by atoms with E-state index in [2.05, 4.69) is 70.2 Å². The quantitative estimate of drug-likeness (QED) is 0.718. The molecule has 2 aromatic carbocycles. The molecule has 0 fully saturated rings. The van der Waals surface area contributed by atoms with Crippen LogP contribution in [0.1, 0.15) is 48.9 Å². The Kier molecular flexibility index (Phi) is 4.84. The summed E-state index contributed by atoms with van der Waals surface area (Å²) < 4.78 is 5.99. The van der Waals surface area contributed by atoms with Gasteiger partial charge in [0.05, 0.1) is 0 Å². The molecule has 20 heavy (non-hydrogen) atoms. The van der Waals surface area contributed by atoms with Crippen molar-refractivity contribution in [3.8, 4) is 5.75 Å². The van der Waals surface area contributed by atoms with Crippen molar-refractivity contribution in [1.82, 2.24) is 0 Å². The third-order valence-corrected chi connectivity index (χ3v) is 3.70. The van der Waals surface area contributed by atoms with E-state index in [1.807, 2.05) is 0 Å². The maximum atomic E-state index is 5.99. The smallest absolute Gasteiger partial charge is 0.122 e. The van der Waals surface area contributed by atoms with Gasteiger partial charge < -0.3 is 4.74 Å². The zero-order chi connectivity index (χ0) is 14.5. The lowest BCUT2D eigenvalue weighted by atomic mass is 10.0. The second kappa shape index (κ2) is 6.60. The Morgan fingerprint density at radius 1 is 0.950 bits per heavy atom. The summed E-state index contributed by atoms with van der Waals surface area (Å²) in [6.45, 7) is 9.31. The molecule has 0 saturated carbocycles. The highest BCUT2D eigenvalue weighted by Crippen LogP contribution is 2.25. The highest BCUT2D eigenvalue weighted by molar-refractivity contribution is 5.38. The van der Waals surface area contributed by atoms with Gasteiger partial charge in [0.25, 0.3) is 0 Å². The zero-order valence-corrected chi connectivity index (χ0v) is 12.9. The maximum absolute atomic E-state index is 5.99. The normalized spacial score (nSPS) is 10.8. The van der Waals surface area contributed by atoms with Gasteiger partial charge in [0.1, 0.15) is 12.4 Å². The first kappa shape index (κ1) is 14.6. The second-order valence-corrected chi connectivity index (χ2v) is 5.64. The zero-order valence-electron chi connectivity index (χ0n) is 12.9. The van der Waals surface area contributed by atoms with Crippen LogP contribution in [0.4, 0.5) is 0 Å². The molecule has 0 amide bonds. The number of hydrogen-bond acceptors (Lipinski definition) is 1. The fourth-order valence-electron chi connectivity index (χ4n) is 2.16. The molecular formula is C19H24O. The third-order valence-electron chi connectivity index (χ3n) is 3.70. The van der Waals surface area contributed by atoms with Crippen molar-refractivity contribution >= 4 is 0 Å². The average Bonchev–Trinajstić information content (AvgIpc) is 2.46. The van der Waals surface area contributed by atoms with Crippen molar-refractivity contribution in [2.24, 2.45) is 0 Å². The molecule has 2 aromatic rings. The lowest BCUT2D eigenvalue weighted by molar-refractivity contribution is 0.303. The summed E-state index contributed by atoms with van der Waals surface area (Å²) in [6, 6.07) is 15.2. The molecule has 0 saturated heterocycles. The number of rotatable bonds is 5. The van der Waals surface area contributed by atoms with Gasteiger partial charge in [-0.2, -0.15) is 0 Å². The molecule has 0 aromatic heterocycles. The monoisotopic (exact) mass is 268 g/mol. The van der Waals surface area contributed by atoms with E-state index in [-0.39, 0.29) is 0 Å². The molecule has 0 bridgehead atoms. The number of ether oxygens (including phenoxy) is 1. The van der Waals surface area contributed by atoms with E-state index in [9.17, 15) is 0 Å². The Balaban J connectivity index is 2.07. The Morgan fingerprint density at radius 2 is 1.60 bits per heavy atom. The first-order valence-corrected chi connectivity index (χ1v) is 7.41. The molecule has 0 unspecified atom stereocenters. The van der Waals surface area contributed by atoms with Crippen LogP contribution in [0.3, 0.4) is 0 Å². The van der Waals surface area contributed by atoms with Crippen LogP contribution in [0.25, 0.3) is 0 Å². The number of benzene rings is 2. The summed E-state index contributed by atoms with van der Waals surface area (Å²) >= 11 is 0. The van der Waals surface area contributed by atoms with Gasteiger partial charge >= 0.3 is 0 Å². The largest absolute Gasteiger partial charge is 0.489 e. The summed E-state index contributed by atoms with van der Waals surface area (Å²) in [7, 11) is 0. The van der Waals surface area contributed by atoms with Crippen LogP contribution in [0.2, 0.25) is 0 Å². The Labute approximate surface area is 122 Å². The molecule has 0 aliphatic rings. The number of aryl methyl sites for hydroxylation is 2. The Hall–Kier alpha value is -1.76. The molecule has 0 aliphatic heterocycles. The van der Waals surface area contributed by atoms with E-state index < -0.39 is 0 Å². The van der Waals surface area contributed by atoms with E-state index in [0.717, 1.165) is 12.2 Å². The van der Waals surface area contributed by atoms with Crippen LogP contribution in [-0.4, -0.2) is 0 Å². The standard InChI is InChI=1S/C19H24O/c1-5-16-7-9-17(10-8-16)13-20-19-12-18(14(2)3)11-6-15(19)4/h6-12,14H,5,13H2,1-4H3. The van der Waals surface area contributed by atoms with E-state index >= 15 is 0 Å². The molecule has 0 aliphatic carbocycles. The van der Waals surface area contributed by atoms with Crippen LogP contribution in [-0.2, 0) is 13.0 Å². The van der Waals surface area contributed by atoms with E-state index in [1.54, 1.807) is 0 Å². The predicted molar refractivity (Wildman–Crippen MR) is 85.4 cm³/mol. The summed E-state index contributed by atoms with van der Waals surface area (Å²) in [6.07, 6.45) is 1.08. The first-order valence-electron chi connectivity index (χ1n) is 7.41. The van der Waals surface area contributed by atoms with E-state index in [1.165, 1.54) is 22.3 Å². The van der Waals surface area contributed by atoms with Crippen molar-refractivity contribution in [1.29, 1.82) is 0 Å². The second-order valence-electron chi connectivity index (χ2n) is 5.64. The van der Waals surface area contributed by atoms with Gasteiger partial charge in [-0.25, -0.2) is 0 Å². The van der Waals surface area contributed by atoms with Crippen LogP contribution in [0, 0.1) is 6.92 Å². The predicted octanol–water partition coefficient (Wildman–Crippen LogP) is 5.26. The molecule has 0 spiro atoms. The minimum absolute atomic E-state index is 0.529. The molecular weight excluding hydrogens is 244 g/mol. The van der Waals surface area contributed by atoms with Crippen LogP contribution in [0.5, 0.6) is 5.75 Å². The van der Waals surface area contributed by atoms with Gasteiger partial charge in [-0.3, -0.25) is 0 Å². The van der Waals surface area contributed by atoms with Gasteiger partial charge in [0, 0.05) is 0 Å². The molecule has 1 nitrogen and oxygen atoms in total. The topological polar surface area (TPSA) is 9.23 Å². The molecule has 2 rings (SSSR count). The minimum atomic E-state index is 0.529. The summed E-state index contributed by atoms with van der Waals surface area (Å²) in [5, 5.41) is 0. The Morgan fingerprint density at radius 3 is 2.20 bits per heavy atom. The summed E-state index contributed by atoms with van der Waals surface area (Å²) in [5.41, 5.74) is 5.11. The van der Waals surface area contributed by atoms with Gasteiger partial charge in [-0.15, -0.1) is 0 Å². The third kappa shape index (κ3) is 3.63. The van der Waals surface area contributed by atoms with Crippen molar-refractivity contribution in [2.45, 2.75) is 46.6 Å². The van der Waals surface area contributed by atoms with E-state index in [4.69, 9.17) is 4.74 Å². The van der Waals surface area contributed by atoms with Gasteiger partial charge in [-0.1, -0.05) is 57.2 Å². The average molecular weight is 268 g/mol. The Bertz CT molecular complexity index is 552. The van der Waals surface area contributed by atoms with Gasteiger partial charge in [-0.05, 0) is 47.6 Å². The first-order chi connectivity index (χ1) is 9.60. The molecule has 0 atom stereocenters. The van der Waals surface area contributed by atoms with Crippen molar-refractivity contribution in [3.63, 3.8) is 0 Å². The van der Waals surface area contributed by atoms with Crippen molar-refractivity contribution in [2.75, 3.05) is 0 Å². The SMILES string of the molecule is CCc1ccc(COc2cc(C(C)C)ccc2C)cc1. The molecule has 106 valence electrons. The van der Waals surface area contributed by atoms with Gasteiger partial charge in [0.15, 0.2) is 0 Å². The number of hydrogen-bond donors (Lipinski definition) is 0. The van der Waals surface area contributed by atoms with Crippen molar-refractivity contribution < 1.29 is 4.74 Å². The molecule has 0 radical (unpaired) electrons. The highest BCUT2D eigenvalue weighted by atomic mass is 16.5. The summed E-state index contributed by atoms with van der Waals surface area (Å²) in [5.74, 6) is 1.53. The van der Waals surface area contributed by atoms with Crippen LogP contribution < -0.4 is 4.74 Å². The minimum Gasteiger partial charge on any atom is -0.489 e. The van der Waals surface area contributed by atoms with Crippen molar-refractivity contribution in [3.05, 3.63) is 64.7 Å². The fraction of sp³-hybridized carbons (Fsp3) is 0.368. The lowest BCUT2D eigenvalue weighted by Crippen LogP contribution is -1.99. The van der Waals surface area contributed by atoms with Crippen LogP contribution >= 0.6 is 0 Å². The van der Waals surface area contributed by atoms with E-state index in [0.29, 0.717) is 12.5 Å². The highest BCUT2D eigenvalue weighted by Gasteiger charge is 2.05. The maximum Gasteiger partial charge on any atom is 0.122 e.